The molecule has 0 saturated heterocycles. The number of likely N-dealkylation sites (N-methyl/N-ethyl adjacent to an activating group) is 1. The molecular weight excluding hydrogens is 847 g/mol. The Bertz CT molecular complexity index is 1570. The Morgan fingerprint density at radius 1 is 0.441 bits per heavy atom. The number of carboxylic acids is 1. The molecule has 382 valence electrons. The van der Waals surface area contributed by atoms with Crippen LogP contribution < -0.4 is 5.11 Å². The van der Waals surface area contributed by atoms with Crippen molar-refractivity contribution in [1.82, 2.24) is 0 Å². The molecule has 0 N–H and O–H groups in total. The molecule has 8 nitrogen and oxygen atoms in total. The Hall–Kier alpha value is -4.53. The fourth-order valence-corrected chi connectivity index (χ4v) is 6.81. The van der Waals surface area contributed by atoms with E-state index in [1.54, 1.807) is 21.1 Å². The zero-order valence-corrected chi connectivity index (χ0v) is 43.5. The quantitative estimate of drug-likeness (QED) is 0.0259. The highest BCUT2D eigenvalue weighted by Gasteiger charge is 2.25. The minimum Gasteiger partial charge on any atom is -0.544 e. The van der Waals surface area contributed by atoms with E-state index in [1.165, 1.54) is 12.8 Å². The summed E-state index contributed by atoms with van der Waals surface area (Å²) < 4.78 is 17.2. The minimum absolute atomic E-state index is 0.0121. The molecule has 0 aliphatic rings. The molecule has 0 aromatic heterocycles. The Balaban J connectivity index is 4.38. The largest absolute Gasteiger partial charge is 0.544 e. The van der Waals surface area contributed by atoms with Gasteiger partial charge in [-0.05, 0) is 109 Å². The van der Waals surface area contributed by atoms with Crippen LogP contribution in [0.25, 0.3) is 0 Å². The molecule has 0 rings (SSSR count). The highest BCUT2D eigenvalue weighted by Crippen LogP contribution is 2.12. The number of esters is 2. The van der Waals surface area contributed by atoms with Gasteiger partial charge in [0.2, 0.25) is 0 Å². The van der Waals surface area contributed by atoms with Crippen LogP contribution in [0.15, 0.2) is 134 Å². The van der Waals surface area contributed by atoms with Gasteiger partial charge in [-0.25, -0.2) is 0 Å². The first-order valence-corrected chi connectivity index (χ1v) is 26.2. The van der Waals surface area contributed by atoms with Crippen LogP contribution in [0.3, 0.4) is 0 Å². The summed E-state index contributed by atoms with van der Waals surface area (Å²) in [6.45, 7) is 4.36. The first kappa shape index (κ1) is 63.5. The van der Waals surface area contributed by atoms with Crippen LogP contribution in [0.5, 0.6) is 0 Å². The van der Waals surface area contributed by atoms with Gasteiger partial charge in [0.15, 0.2) is 6.10 Å². The van der Waals surface area contributed by atoms with E-state index in [0.29, 0.717) is 12.8 Å². The molecule has 0 aromatic carbocycles. The summed E-state index contributed by atoms with van der Waals surface area (Å²) in [5, 5.41) is 11.7. The van der Waals surface area contributed by atoms with Crippen LogP contribution in [0.2, 0.25) is 0 Å². The molecule has 0 heterocycles. The van der Waals surface area contributed by atoms with Crippen molar-refractivity contribution in [2.45, 2.75) is 187 Å². The van der Waals surface area contributed by atoms with Gasteiger partial charge in [0, 0.05) is 19.3 Å². The highest BCUT2D eigenvalue weighted by atomic mass is 16.6. The van der Waals surface area contributed by atoms with Gasteiger partial charge in [0.1, 0.15) is 12.6 Å². The molecule has 2 unspecified atom stereocenters. The molecule has 68 heavy (non-hydrogen) atoms. The van der Waals surface area contributed by atoms with Crippen LogP contribution >= 0.6 is 0 Å². The van der Waals surface area contributed by atoms with Crippen LogP contribution in [0.4, 0.5) is 0 Å². The fraction of sp³-hybridized carbons (Fsp3) is 0.583. The Morgan fingerprint density at radius 3 is 1.16 bits per heavy atom. The Kier molecular flexibility index (Phi) is 45.7. The molecule has 0 amide bonds. The van der Waals surface area contributed by atoms with E-state index in [1.807, 2.05) is 0 Å². The molecule has 0 fully saturated rings. The van der Waals surface area contributed by atoms with Crippen LogP contribution in [0.1, 0.15) is 174 Å². The van der Waals surface area contributed by atoms with Crippen molar-refractivity contribution in [3.63, 3.8) is 0 Å². The lowest BCUT2D eigenvalue weighted by Gasteiger charge is -2.34. The average Bonchev–Trinajstić information content (AvgIpc) is 3.30. The number of ether oxygens (including phenoxy) is 3. The van der Waals surface area contributed by atoms with Gasteiger partial charge in [-0.1, -0.05) is 180 Å². The van der Waals surface area contributed by atoms with E-state index in [2.05, 4.69) is 148 Å². The number of aliphatic carboxylic acids is 1. The summed E-state index contributed by atoms with van der Waals surface area (Å²) in [6, 6.07) is -0.745. The van der Waals surface area contributed by atoms with Crippen molar-refractivity contribution in [3.05, 3.63) is 134 Å². The second-order valence-electron chi connectivity index (χ2n) is 18.0. The maximum Gasteiger partial charge on any atom is 0.306 e. The topological polar surface area (TPSA) is 102 Å². The lowest BCUT2D eigenvalue weighted by Crippen LogP contribution is -2.55. The summed E-state index contributed by atoms with van der Waals surface area (Å²) in [5.41, 5.74) is 0. The summed E-state index contributed by atoms with van der Waals surface area (Å²) in [4.78, 5) is 37.1. The van der Waals surface area contributed by atoms with Gasteiger partial charge >= 0.3 is 11.9 Å². The number of carboxylic acid groups (broad SMARTS) is 1. The van der Waals surface area contributed by atoms with E-state index in [9.17, 15) is 19.5 Å². The molecule has 0 spiro atoms. The lowest BCUT2D eigenvalue weighted by molar-refractivity contribution is -0.889. The minimum atomic E-state index is -1.14. The third-order valence-electron chi connectivity index (χ3n) is 10.8. The molecule has 0 aliphatic carbocycles. The lowest BCUT2D eigenvalue weighted by atomic mass is 10.1. The maximum absolute atomic E-state index is 12.8. The van der Waals surface area contributed by atoms with E-state index < -0.39 is 18.1 Å². The number of unbranched alkanes of at least 4 members (excludes halogenated alkanes) is 9. The SMILES string of the molecule is CC/C=C/C/C=C/C/C=C/C/C=C/C/C=C/C/C=C/CCCCCC(=O)OC(COCCC(C(=O)[O-])[N+](C)(C)C)COC(=O)CCCCCCCC/C=C/C/C=C/C/C=C/C/C=C/C/C=C/CC. The van der Waals surface area contributed by atoms with E-state index in [-0.39, 0.29) is 49.1 Å². The molecule has 0 aliphatic heterocycles. The molecule has 0 aromatic rings. The Morgan fingerprint density at radius 2 is 0.779 bits per heavy atom. The van der Waals surface area contributed by atoms with Gasteiger partial charge < -0.3 is 28.6 Å². The normalized spacial score (nSPS) is 14.0. The van der Waals surface area contributed by atoms with Crippen molar-refractivity contribution in [2.75, 3.05) is 41.0 Å². The van der Waals surface area contributed by atoms with Crippen LogP contribution in [-0.2, 0) is 28.6 Å². The third-order valence-corrected chi connectivity index (χ3v) is 10.8. The van der Waals surface area contributed by atoms with Gasteiger partial charge in [0.05, 0.1) is 40.3 Å². The number of hydrogen-bond acceptors (Lipinski definition) is 7. The average molecular weight is 942 g/mol. The number of carbonyl (C=O) groups excluding carboxylic acids is 3. The molecule has 0 saturated carbocycles. The Labute approximate surface area is 415 Å². The summed E-state index contributed by atoms with van der Waals surface area (Å²) >= 11 is 0. The maximum atomic E-state index is 12.8. The monoisotopic (exact) mass is 942 g/mol. The number of quaternary nitrogens is 1. The van der Waals surface area contributed by atoms with E-state index in [4.69, 9.17) is 14.2 Å². The molecule has 0 bridgehead atoms. The summed E-state index contributed by atoms with van der Waals surface area (Å²) in [6.07, 6.45) is 70.5. The second-order valence-corrected chi connectivity index (χ2v) is 18.0. The summed E-state index contributed by atoms with van der Waals surface area (Å²) in [7, 11) is 5.38. The highest BCUT2D eigenvalue weighted by molar-refractivity contribution is 5.70. The van der Waals surface area contributed by atoms with Gasteiger partial charge in [0.25, 0.3) is 0 Å². The second kappa shape index (κ2) is 48.9. The predicted molar refractivity (Wildman–Crippen MR) is 286 cm³/mol. The third kappa shape index (κ3) is 46.6. The number of rotatable bonds is 45. The van der Waals surface area contributed by atoms with Crippen molar-refractivity contribution < 1.29 is 38.2 Å². The van der Waals surface area contributed by atoms with Crippen molar-refractivity contribution in [2.24, 2.45) is 0 Å². The smallest absolute Gasteiger partial charge is 0.306 e. The predicted octanol–water partition coefficient (Wildman–Crippen LogP) is 14.2. The van der Waals surface area contributed by atoms with Crippen molar-refractivity contribution >= 4 is 17.9 Å². The number of carbonyl (C=O) groups is 3. The zero-order valence-electron chi connectivity index (χ0n) is 43.5. The molecule has 8 heteroatoms. The first-order valence-electron chi connectivity index (χ1n) is 26.2. The molecular formula is C60H95NO7. The number of nitrogens with zero attached hydrogens (tertiary/aromatic N) is 1. The van der Waals surface area contributed by atoms with Crippen molar-refractivity contribution in [1.29, 1.82) is 0 Å². The standard InChI is InChI=1S/C60H95NO7/c1-6-8-10-12-14-16-18-20-22-24-26-28-30-32-34-36-38-40-42-44-46-48-50-58(62)67-55-56(54-66-53-52-57(60(64)65)61(3,4)5)68-59(63)51-49-47-45-43-41-39-37-35-33-31-29-27-25-23-21-19-17-15-13-11-9-7-2/h8-11,14-17,20-23,26-29,32-35,39,41,56-57H,6-7,12-13,18-19,24-25,30-31,36-38,40,42-55H2,1-5H3/b10-8+,11-9+,16-14+,17-15+,22-20+,23-21+,28-26+,29-27+,34-32+,35-33+,41-39+. The van der Waals surface area contributed by atoms with E-state index >= 15 is 0 Å². The first-order chi connectivity index (χ1) is 33.1. The van der Waals surface area contributed by atoms with E-state index in [0.717, 1.165) is 122 Å². The van der Waals surface area contributed by atoms with Crippen molar-refractivity contribution in [3.8, 4) is 0 Å². The zero-order chi connectivity index (χ0) is 49.9. The van der Waals surface area contributed by atoms with Gasteiger partial charge in [-0.3, -0.25) is 9.59 Å². The summed E-state index contributed by atoms with van der Waals surface area (Å²) in [5.74, 6) is -1.81. The van der Waals surface area contributed by atoms with Crippen LogP contribution in [-0.4, -0.2) is 75.5 Å². The fourth-order valence-electron chi connectivity index (χ4n) is 6.81. The molecule has 2 atom stereocenters. The number of allylic oxidation sites excluding steroid dienone is 22. The van der Waals surface area contributed by atoms with Gasteiger partial charge in [-0.2, -0.15) is 0 Å². The van der Waals surface area contributed by atoms with Gasteiger partial charge in [-0.15, -0.1) is 0 Å². The number of hydrogen-bond donors (Lipinski definition) is 0. The van der Waals surface area contributed by atoms with Crippen LogP contribution in [0, 0.1) is 0 Å². The molecule has 0 radical (unpaired) electrons.